The molecule has 0 aliphatic heterocycles. The fourth-order valence-corrected chi connectivity index (χ4v) is 4.36. The molecular weight excluding hydrogens is 472 g/mol. The largest absolute Gasteiger partial charge is 0.480 e. The highest BCUT2D eigenvalue weighted by Crippen LogP contribution is 2.44. The molecule has 4 N–H and O–H groups in total. The Morgan fingerprint density at radius 2 is 1.60 bits per heavy atom. The van der Waals surface area contributed by atoms with Crippen LogP contribution in [0.2, 0.25) is 5.02 Å². The number of amides is 2. The summed E-state index contributed by atoms with van der Waals surface area (Å²) in [5.41, 5.74) is 4.78. The van der Waals surface area contributed by atoms with Crippen molar-refractivity contribution >= 4 is 35.3 Å². The van der Waals surface area contributed by atoms with Crippen molar-refractivity contribution in [3.05, 3.63) is 88.4 Å². The molecule has 0 unspecified atom stereocenters. The summed E-state index contributed by atoms with van der Waals surface area (Å²) in [5.74, 6) is -2.01. The van der Waals surface area contributed by atoms with Gasteiger partial charge in [0, 0.05) is 24.5 Å². The third-order valence-corrected chi connectivity index (χ3v) is 6.15. The van der Waals surface area contributed by atoms with Crippen LogP contribution in [0.4, 0.5) is 10.5 Å². The Morgan fingerprint density at radius 3 is 2.17 bits per heavy atom. The summed E-state index contributed by atoms with van der Waals surface area (Å²) in [4.78, 5) is 36.0. The summed E-state index contributed by atoms with van der Waals surface area (Å²) in [7, 11) is 0. The van der Waals surface area contributed by atoms with E-state index in [2.05, 4.69) is 10.6 Å². The minimum atomic E-state index is -1.26. The van der Waals surface area contributed by atoms with E-state index in [1.807, 2.05) is 48.5 Å². The number of fused-ring (bicyclic) bond motifs is 3. The number of hydrogen-bond acceptors (Lipinski definition) is 5. The number of anilines is 1. The first-order valence-corrected chi connectivity index (χ1v) is 11.3. The molecule has 180 valence electrons. The molecule has 2 amide bonds. The van der Waals surface area contributed by atoms with Crippen molar-refractivity contribution in [3.8, 4) is 11.1 Å². The number of nitrogens with one attached hydrogen (secondary N) is 2. The molecule has 0 saturated heterocycles. The monoisotopic (exact) mass is 494 g/mol. The molecule has 8 nitrogen and oxygen atoms in total. The molecule has 0 spiro atoms. The summed E-state index contributed by atoms with van der Waals surface area (Å²) < 4.78 is 5.51. The van der Waals surface area contributed by atoms with Gasteiger partial charge in [-0.05, 0) is 40.5 Å². The Labute approximate surface area is 206 Å². The van der Waals surface area contributed by atoms with E-state index in [-0.39, 0.29) is 41.8 Å². The summed E-state index contributed by atoms with van der Waals surface area (Å²) in [6.45, 7) is -0.250. The molecule has 0 fully saturated rings. The number of aliphatic hydroxyl groups excluding tert-OH is 1. The number of hydrogen-bond donors (Lipinski definition) is 4. The van der Waals surface area contributed by atoms with Crippen LogP contribution < -0.4 is 10.6 Å². The number of ether oxygens (including phenoxy) is 1. The smallest absolute Gasteiger partial charge is 0.411 e. The van der Waals surface area contributed by atoms with E-state index in [1.54, 1.807) is 0 Å². The SMILES string of the molecule is O=C(Nc1ccc(C(=O)N[C@@H](CCO)C(=O)O)cc1Cl)OCC1c2ccccc2-c2ccccc21. The highest BCUT2D eigenvalue weighted by molar-refractivity contribution is 6.34. The molecular formula is C26H23ClN2O6. The van der Waals surface area contributed by atoms with E-state index in [4.69, 9.17) is 26.6 Å². The zero-order valence-corrected chi connectivity index (χ0v) is 19.3. The normalized spacial score (nSPS) is 12.9. The molecule has 0 saturated carbocycles. The maximum absolute atomic E-state index is 12.5. The van der Waals surface area contributed by atoms with Gasteiger partial charge in [-0.25, -0.2) is 9.59 Å². The lowest BCUT2D eigenvalue weighted by Gasteiger charge is -2.16. The summed E-state index contributed by atoms with van der Waals surface area (Å²) in [6.07, 6.45) is -0.823. The highest BCUT2D eigenvalue weighted by Gasteiger charge is 2.29. The Balaban J connectivity index is 1.39. The van der Waals surface area contributed by atoms with Crippen molar-refractivity contribution in [2.45, 2.75) is 18.4 Å². The van der Waals surface area contributed by atoms with E-state index in [1.165, 1.54) is 18.2 Å². The third kappa shape index (κ3) is 5.29. The van der Waals surface area contributed by atoms with Gasteiger partial charge in [-0.15, -0.1) is 0 Å². The maximum atomic E-state index is 12.5. The van der Waals surface area contributed by atoms with Crippen LogP contribution in [-0.4, -0.2) is 47.4 Å². The standard InChI is InChI=1S/C26H23ClN2O6/c27-21-13-15(24(31)28-23(11-12-30)25(32)33)9-10-22(21)29-26(34)35-14-20-18-7-3-1-5-16(18)17-6-2-4-8-19(17)20/h1-10,13,20,23,30H,11-12,14H2,(H,28,31)(H,29,34)(H,32,33)/t23-/m0/s1. The Kier molecular flexibility index (Phi) is 7.33. The Hall–Kier alpha value is -3.88. The minimum absolute atomic E-state index is 0.0835. The molecule has 1 aliphatic carbocycles. The molecule has 9 heteroatoms. The predicted octanol–water partition coefficient (Wildman–Crippen LogP) is 4.27. The second kappa shape index (κ2) is 10.6. The van der Waals surface area contributed by atoms with Gasteiger partial charge in [0.05, 0.1) is 10.7 Å². The summed E-state index contributed by atoms with van der Waals surface area (Å²) >= 11 is 6.23. The average Bonchev–Trinajstić information content (AvgIpc) is 3.17. The number of carbonyl (C=O) groups is 3. The molecule has 3 aromatic rings. The van der Waals surface area contributed by atoms with Crippen LogP contribution in [0.25, 0.3) is 11.1 Å². The van der Waals surface area contributed by atoms with E-state index < -0.39 is 24.0 Å². The zero-order valence-electron chi connectivity index (χ0n) is 18.5. The lowest BCUT2D eigenvalue weighted by Crippen LogP contribution is -2.41. The average molecular weight is 495 g/mol. The van der Waals surface area contributed by atoms with Crippen molar-refractivity contribution in [2.24, 2.45) is 0 Å². The quantitative estimate of drug-likeness (QED) is 0.370. The van der Waals surface area contributed by atoms with E-state index in [0.717, 1.165) is 22.3 Å². The molecule has 0 aromatic heterocycles. The first kappa shape index (κ1) is 24.3. The van der Waals surface area contributed by atoms with Crippen LogP contribution >= 0.6 is 11.6 Å². The molecule has 0 radical (unpaired) electrons. The van der Waals surface area contributed by atoms with Crippen LogP contribution in [-0.2, 0) is 9.53 Å². The second-order valence-corrected chi connectivity index (χ2v) is 8.43. The van der Waals surface area contributed by atoms with Gasteiger partial charge < -0.3 is 20.3 Å². The van der Waals surface area contributed by atoms with E-state index in [9.17, 15) is 14.4 Å². The van der Waals surface area contributed by atoms with Crippen molar-refractivity contribution in [3.63, 3.8) is 0 Å². The number of rotatable bonds is 8. The van der Waals surface area contributed by atoms with Gasteiger partial charge in [-0.1, -0.05) is 60.1 Å². The van der Waals surface area contributed by atoms with E-state index >= 15 is 0 Å². The van der Waals surface area contributed by atoms with Gasteiger partial charge >= 0.3 is 12.1 Å². The van der Waals surface area contributed by atoms with Gasteiger partial charge in [0.15, 0.2) is 0 Å². The van der Waals surface area contributed by atoms with Gasteiger partial charge in [0.25, 0.3) is 5.91 Å². The first-order valence-electron chi connectivity index (χ1n) is 10.9. The number of aliphatic hydroxyl groups is 1. The minimum Gasteiger partial charge on any atom is -0.480 e. The topological polar surface area (TPSA) is 125 Å². The molecule has 0 bridgehead atoms. The molecule has 1 atom stereocenters. The third-order valence-electron chi connectivity index (χ3n) is 5.83. The number of aliphatic carboxylic acids is 1. The fourth-order valence-electron chi connectivity index (χ4n) is 4.13. The first-order chi connectivity index (χ1) is 16.9. The van der Waals surface area contributed by atoms with Gasteiger partial charge in [0.1, 0.15) is 12.6 Å². The van der Waals surface area contributed by atoms with Crippen LogP contribution in [0.15, 0.2) is 66.7 Å². The van der Waals surface area contributed by atoms with E-state index in [0.29, 0.717) is 0 Å². The Bertz CT molecular complexity index is 1230. The number of carboxylic acids is 1. The summed E-state index contributed by atoms with van der Waals surface area (Å²) in [5, 5.41) is 23.1. The van der Waals surface area contributed by atoms with Crippen molar-refractivity contribution in [1.29, 1.82) is 0 Å². The van der Waals surface area contributed by atoms with Gasteiger partial charge in [0.2, 0.25) is 0 Å². The van der Waals surface area contributed by atoms with Crippen molar-refractivity contribution in [2.75, 3.05) is 18.5 Å². The maximum Gasteiger partial charge on any atom is 0.411 e. The zero-order chi connectivity index (χ0) is 24.9. The molecule has 3 aromatic carbocycles. The van der Waals surface area contributed by atoms with Gasteiger partial charge in [-0.3, -0.25) is 10.1 Å². The lowest BCUT2D eigenvalue weighted by molar-refractivity contribution is -0.139. The van der Waals surface area contributed by atoms with Gasteiger partial charge in [-0.2, -0.15) is 0 Å². The van der Waals surface area contributed by atoms with Crippen molar-refractivity contribution in [1.82, 2.24) is 5.32 Å². The molecule has 0 heterocycles. The van der Waals surface area contributed by atoms with Crippen LogP contribution in [0.5, 0.6) is 0 Å². The number of halogens is 1. The molecule has 1 aliphatic rings. The van der Waals surface area contributed by atoms with Crippen molar-refractivity contribution < 1.29 is 29.3 Å². The molecule has 4 rings (SSSR count). The van der Waals surface area contributed by atoms with Crippen LogP contribution in [0.3, 0.4) is 0 Å². The lowest BCUT2D eigenvalue weighted by atomic mass is 9.98. The Morgan fingerprint density at radius 1 is 0.971 bits per heavy atom. The number of carboxylic acid groups (broad SMARTS) is 1. The number of carbonyl (C=O) groups excluding carboxylic acids is 2. The van der Waals surface area contributed by atoms with Crippen LogP contribution in [0.1, 0.15) is 33.8 Å². The second-order valence-electron chi connectivity index (χ2n) is 8.02. The number of benzene rings is 3. The highest BCUT2D eigenvalue weighted by atomic mass is 35.5. The van der Waals surface area contributed by atoms with Crippen LogP contribution in [0, 0.1) is 0 Å². The fraction of sp³-hybridized carbons (Fsp3) is 0.192. The predicted molar refractivity (Wildman–Crippen MR) is 131 cm³/mol. The summed E-state index contributed by atoms with van der Waals surface area (Å²) in [6, 6.07) is 18.9. The molecule has 35 heavy (non-hydrogen) atoms.